The molecule has 2 aromatic carbocycles. The average molecular weight is 520 g/mol. The molecule has 0 aliphatic carbocycles. The van der Waals surface area contributed by atoms with E-state index in [1.807, 2.05) is 35.9 Å². The van der Waals surface area contributed by atoms with E-state index in [1.165, 1.54) is 5.69 Å². The van der Waals surface area contributed by atoms with E-state index >= 15 is 0 Å². The molecule has 3 heterocycles. The first-order valence-corrected chi connectivity index (χ1v) is 14.2. The lowest BCUT2D eigenvalue weighted by Gasteiger charge is -2.34. The number of piperazine rings is 1. The minimum atomic E-state index is -3.51. The molecule has 0 unspecified atom stereocenters. The first-order chi connectivity index (χ1) is 17.9. The summed E-state index contributed by atoms with van der Waals surface area (Å²) >= 11 is 0. The van der Waals surface area contributed by atoms with Crippen LogP contribution in [0.5, 0.6) is 0 Å². The largest absolute Gasteiger partial charge is 0.369 e. The molecule has 194 valence electrons. The Bertz CT molecular complexity index is 1440. The Balaban J connectivity index is 1.32. The Kier molecular flexibility index (Phi) is 7.40. The van der Waals surface area contributed by atoms with Crippen molar-refractivity contribution < 1.29 is 8.42 Å². The van der Waals surface area contributed by atoms with Crippen molar-refractivity contribution in [3.63, 3.8) is 0 Å². The van der Waals surface area contributed by atoms with Crippen molar-refractivity contribution in [3.8, 4) is 5.69 Å². The highest BCUT2D eigenvalue weighted by Crippen LogP contribution is 2.24. The predicted octanol–water partition coefficient (Wildman–Crippen LogP) is 3.99. The number of unbranched alkanes of at least 4 members (excludes halogenated alkanes) is 1. The number of hydrogen-bond donors (Lipinski definition) is 2. The highest BCUT2D eigenvalue weighted by atomic mass is 32.2. The molecular weight excluding hydrogens is 486 g/mol. The van der Waals surface area contributed by atoms with Crippen LogP contribution in [-0.2, 0) is 10.0 Å². The first-order valence-electron chi connectivity index (χ1n) is 12.7. The van der Waals surface area contributed by atoms with Gasteiger partial charge in [-0.05, 0) is 68.1 Å². The zero-order chi connectivity index (χ0) is 25.8. The average Bonchev–Trinajstić information content (AvgIpc) is 3.33. The quantitative estimate of drug-likeness (QED) is 0.323. The summed E-state index contributed by atoms with van der Waals surface area (Å²) in [6, 6.07) is 17.1. The van der Waals surface area contributed by atoms with E-state index in [9.17, 15) is 8.42 Å². The topological polar surface area (TPSA) is 95.4 Å². The van der Waals surface area contributed by atoms with E-state index in [-0.39, 0.29) is 4.90 Å². The van der Waals surface area contributed by atoms with Gasteiger partial charge in [-0.15, -0.1) is 0 Å². The summed E-state index contributed by atoms with van der Waals surface area (Å²) in [6.45, 7) is 6.67. The van der Waals surface area contributed by atoms with E-state index in [1.54, 1.807) is 30.5 Å². The van der Waals surface area contributed by atoms with Gasteiger partial charge < -0.3 is 19.7 Å². The maximum absolute atomic E-state index is 12.5. The van der Waals surface area contributed by atoms with Gasteiger partial charge in [0.1, 0.15) is 5.65 Å². The number of fused-ring (bicyclic) bond motifs is 1. The molecular formula is C27H33N7O2S. The Morgan fingerprint density at radius 1 is 0.919 bits per heavy atom. The van der Waals surface area contributed by atoms with Gasteiger partial charge in [0, 0.05) is 67.6 Å². The van der Waals surface area contributed by atoms with Crippen molar-refractivity contribution in [2.75, 3.05) is 50.0 Å². The Hall–Kier alpha value is -3.47. The van der Waals surface area contributed by atoms with E-state index < -0.39 is 10.0 Å². The van der Waals surface area contributed by atoms with Crippen molar-refractivity contribution in [3.05, 3.63) is 67.0 Å². The van der Waals surface area contributed by atoms with Crippen LogP contribution in [0.4, 0.5) is 17.3 Å². The Morgan fingerprint density at radius 3 is 2.32 bits per heavy atom. The molecule has 4 aromatic rings. The van der Waals surface area contributed by atoms with Crippen LogP contribution in [0, 0.1) is 0 Å². The number of benzene rings is 2. The van der Waals surface area contributed by atoms with Crippen LogP contribution in [-0.4, -0.2) is 67.6 Å². The molecule has 0 bridgehead atoms. The zero-order valence-corrected chi connectivity index (χ0v) is 22.1. The fourth-order valence-electron chi connectivity index (χ4n) is 4.39. The predicted molar refractivity (Wildman–Crippen MR) is 148 cm³/mol. The third kappa shape index (κ3) is 5.76. The standard InChI is InChI=1S/C27H33N7O2S/c1-3-4-14-29-37(35,36)25-11-9-24(10-12-25)34-15-13-21-20-28-27(31-26(21)34)30-22-5-7-23(8-6-22)33-18-16-32(2)17-19-33/h5-13,15,20,29H,3-4,14,16-19H2,1-2H3,(H,28,30,31). The summed E-state index contributed by atoms with van der Waals surface area (Å²) in [5.41, 5.74) is 3.70. The van der Waals surface area contributed by atoms with E-state index in [0.29, 0.717) is 12.5 Å². The third-order valence-electron chi connectivity index (χ3n) is 6.67. The van der Waals surface area contributed by atoms with Crippen LogP contribution >= 0.6 is 0 Å². The number of aromatic nitrogens is 3. The van der Waals surface area contributed by atoms with Crippen molar-refractivity contribution in [2.45, 2.75) is 24.7 Å². The number of nitrogens with zero attached hydrogens (tertiary/aromatic N) is 5. The molecule has 1 fully saturated rings. The highest BCUT2D eigenvalue weighted by molar-refractivity contribution is 7.89. The van der Waals surface area contributed by atoms with Gasteiger partial charge in [0.05, 0.1) is 4.90 Å². The maximum atomic E-state index is 12.5. The normalized spacial score (nSPS) is 14.8. The monoisotopic (exact) mass is 519 g/mol. The summed E-state index contributed by atoms with van der Waals surface area (Å²) in [5.74, 6) is 0.499. The minimum Gasteiger partial charge on any atom is -0.369 e. The second-order valence-electron chi connectivity index (χ2n) is 9.37. The van der Waals surface area contributed by atoms with Crippen LogP contribution < -0.4 is 14.9 Å². The smallest absolute Gasteiger partial charge is 0.240 e. The van der Waals surface area contributed by atoms with Gasteiger partial charge in [-0.2, -0.15) is 4.98 Å². The van der Waals surface area contributed by atoms with Crippen molar-refractivity contribution in [1.82, 2.24) is 24.2 Å². The number of nitrogens with one attached hydrogen (secondary N) is 2. The lowest BCUT2D eigenvalue weighted by Crippen LogP contribution is -2.44. The van der Waals surface area contributed by atoms with Crippen molar-refractivity contribution in [2.24, 2.45) is 0 Å². The molecule has 37 heavy (non-hydrogen) atoms. The van der Waals surface area contributed by atoms with Gasteiger partial charge in [0.25, 0.3) is 0 Å². The fraction of sp³-hybridized carbons (Fsp3) is 0.333. The molecule has 0 saturated carbocycles. The summed E-state index contributed by atoms with van der Waals surface area (Å²) < 4.78 is 29.6. The number of sulfonamides is 1. The van der Waals surface area contributed by atoms with E-state index in [4.69, 9.17) is 4.98 Å². The van der Waals surface area contributed by atoms with Crippen LogP contribution in [0.1, 0.15) is 19.8 Å². The summed E-state index contributed by atoms with van der Waals surface area (Å²) in [5, 5.41) is 4.20. The van der Waals surface area contributed by atoms with Crippen molar-refractivity contribution >= 4 is 38.4 Å². The summed E-state index contributed by atoms with van der Waals surface area (Å²) in [6.07, 6.45) is 5.44. The molecule has 9 nitrogen and oxygen atoms in total. The Labute approximate surface area is 218 Å². The molecule has 1 saturated heterocycles. The lowest BCUT2D eigenvalue weighted by atomic mass is 10.2. The van der Waals surface area contributed by atoms with E-state index in [0.717, 1.165) is 61.4 Å². The molecule has 0 radical (unpaired) electrons. The van der Waals surface area contributed by atoms with Gasteiger partial charge in [0.2, 0.25) is 16.0 Å². The molecule has 2 N–H and O–H groups in total. The highest BCUT2D eigenvalue weighted by Gasteiger charge is 2.15. The number of likely N-dealkylation sites (N-methyl/N-ethyl adjacent to an activating group) is 1. The van der Waals surface area contributed by atoms with Gasteiger partial charge in [0.15, 0.2) is 0 Å². The second-order valence-corrected chi connectivity index (χ2v) is 11.1. The zero-order valence-electron chi connectivity index (χ0n) is 21.3. The van der Waals surface area contributed by atoms with Crippen LogP contribution in [0.3, 0.4) is 0 Å². The molecule has 5 rings (SSSR count). The lowest BCUT2D eigenvalue weighted by molar-refractivity contribution is 0.313. The minimum absolute atomic E-state index is 0.251. The second kappa shape index (κ2) is 10.9. The Morgan fingerprint density at radius 2 is 1.62 bits per heavy atom. The molecule has 0 amide bonds. The molecule has 10 heteroatoms. The first kappa shape index (κ1) is 25.2. The molecule has 2 aromatic heterocycles. The van der Waals surface area contributed by atoms with Crippen LogP contribution in [0.15, 0.2) is 71.9 Å². The van der Waals surface area contributed by atoms with Gasteiger partial charge >= 0.3 is 0 Å². The van der Waals surface area contributed by atoms with Crippen LogP contribution in [0.2, 0.25) is 0 Å². The fourth-order valence-corrected chi connectivity index (χ4v) is 5.46. The molecule has 0 atom stereocenters. The van der Waals surface area contributed by atoms with Gasteiger partial charge in [-0.25, -0.2) is 18.1 Å². The molecule has 1 aliphatic rings. The molecule has 1 aliphatic heterocycles. The number of hydrogen-bond acceptors (Lipinski definition) is 7. The number of rotatable bonds is 9. The number of anilines is 3. The third-order valence-corrected chi connectivity index (χ3v) is 8.14. The molecule has 0 spiro atoms. The van der Waals surface area contributed by atoms with Gasteiger partial charge in [-0.3, -0.25) is 0 Å². The summed E-state index contributed by atoms with van der Waals surface area (Å²) in [7, 11) is -1.36. The van der Waals surface area contributed by atoms with Crippen LogP contribution in [0.25, 0.3) is 16.7 Å². The van der Waals surface area contributed by atoms with E-state index in [2.05, 4.69) is 44.0 Å². The van der Waals surface area contributed by atoms with Gasteiger partial charge in [-0.1, -0.05) is 13.3 Å². The summed E-state index contributed by atoms with van der Waals surface area (Å²) in [4.78, 5) is 14.2. The SMILES string of the molecule is CCCCNS(=O)(=O)c1ccc(-n2ccc3cnc(Nc4ccc(N5CCN(C)CC5)cc4)nc32)cc1. The van der Waals surface area contributed by atoms with Crippen molar-refractivity contribution in [1.29, 1.82) is 0 Å². The maximum Gasteiger partial charge on any atom is 0.240 e.